The van der Waals surface area contributed by atoms with Crippen molar-refractivity contribution in [2.45, 2.75) is 58.1 Å². The molecule has 1 N–H and O–H groups in total. The SMILES string of the molecule is CCCNC1(c2nc(CC)c(C)s2)CC(OC)C1. The quantitative estimate of drug-likeness (QED) is 0.861. The van der Waals surface area contributed by atoms with Crippen LogP contribution < -0.4 is 5.32 Å². The van der Waals surface area contributed by atoms with Crippen LogP contribution in [0, 0.1) is 6.92 Å². The van der Waals surface area contributed by atoms with Gasteiger partial charge in [0, 0.05) is 12.0 Å². The number of rotatable bonds is 6. The number of methoxy groups -OCH3 is 1. The molecular weight excluding hydrogens is 244 g/mol. The summed E-state index contributed by atoms with van der Waals surface area (Å²) in [6.45, 7) is 7.62. The van der Waals surface area contributed by atoms with Crippen molar-refractivity contribution in [1.82, 2.24) is 10.3 Å². The maximum atomic E-state index is 5.44. The minimum absolute atomic E-state index is 0.0829. The Hall–Kier alpha value is -0.450. The minimum Gasteiger partial charge on any atom is -0.381 e. The molecule has 0 bridgehead atoms. The zero-order chi connectivity index (χ0) is 13.2. The molecule has 0 spiro atoms. The molecule has 1 aliphatic rings. The van der Waals surface area contributed by atoms with Crippen molar-refractivity contribution >= 4 is 11.3 Å². The summed E-state index contributed by atoms with van der Waals surface area (Å²) in [5.41, 5.74) is 1.34. The Balaban J connectivity index is 2.18. The lowest BCUT2D eigenvalue weighted by Gasteiger charge is -2.46. The van der Waals surface area contributed by atoms with Gasteiger partial charge in [0.1, 0.15) is 5.01 Å². The van der Waals surface area contributed by atoms with E-state index in [1.165, 1.54) is 15.6 Å². The molecule has 102 valence electrons. The van der Waals surface area contributed by atoms with Crippen molar-refractivity contribution in [3.05, 3.63) is 15.6 Å². The van der Waals surface area contributed by atoms with Crippen LogP contribution in [0.4, 0.5) is 0 Å². The van der Waals surface area contributed by atoms with E-state index in [0.29, 0.717) is 6.10 Å². The first-order chi connectivity index (χ1) is 8.65. The van der Waals surface area contributed by atoms with Gasteiger partial charge in [-0.1, -0.05) is 13.8 Å². The number of nitrogens with zero attached hydrogens (tertiary/aromatic N) is 1. The zero-order valence-corrected chi connectivity index (χ0v) is 12.7. The Morgan fingerprint density at radius 2 is 2.17 bits per heavy atom. The molecular formula is C14H24N2OS. The molecule has 0 atom stereocenters. The van der Waals surface area contributed by atoms with E-state index in [0.717, 1.165) is 32.2 Å². The third kappa shape index (κ3) is 2.46. The Labute approximate surface area is 114 Å². The van der Waals surface area contributed by atoms with Crippen LogP contribution in [0.2, 0.25) is 0 Å². The molecule has 1 aliphatic carbocycles. The van der Waals surface area contributed by atoms with Crippen molar-refractivity contribution in [2.75, 3.05) is 13.7 Å². The highest BCUT2D eigenvalue weighted by Crippen LogP contribution is 2.44. The smallest absolute Gasteiger partial charge is 0.113 e. The predicted octanol–water partition coefficient (Wildman–Crippen LogP) is 3.02. The summed E-state index contributed by atoms with van der Waals surface area (Å²) in [5.74, 6) is 0. The van der Waals surface area contributed by atoms with Crippen LogP contribution in [0.25, 0.3) is 0 Å². The fraction of sp³-hybridized carbons (Fsp3) is 0.786. The summed E-state index contributed by atoms with van der Waals surface area (Å²) in [5, 5.41) is 4.96. The summed E-state index contributed by atoms with van der Waals surface area (Å²) >= 11 is 1.86. The number of hydrogen-bond acceptors (Lipinski definition) is 4. The van der Waals surface area contributed by atoms with Crippen LogP contribution in [0.3, 0.4) is 0 Å². The normalized spacial score (nSPS) is 27.2. The summed E-state index contributed by atoms with van der Waals surface area (Å²) in [6.07, 6.45) is 4.69. The minimum atomic E-state index is 0.0829. The Bertz CT molecular complexity index is 391. The second-order valence-electron chi connectivity index (χ2n) is 5.15. The van der Waals surface area contributed by atoms with E-state index < -0.39 is 0 Å². The summed E-state index contributed by atoms with van der Waals surface area (Å²) in [7, 11) is 1.80. The van der Waals surface area contributed by atoms with Crippen molar-refractivity contribution in [3.63, 3.8) is 0 Å². The highest BCUT2D eigenvalue weighted by molar-refractivity contribution is 7.11. The van der Waals surface area contributed by atoms with Crippen LogP contribution in [0.15, 0.2) is 0 Å². The molecule has 2 rings (SSSR count). The van der Waals surface area contributed by atoms with E-state index in [4.69, 9.17) is 9.72 Å². The molecule has 1 heterocycles. The number of aryl methyl sites for hydroxylation is 2. The highest BCUT2D eigenvalue weighted by atomic mass is 32.1. The number of aromatic nitrogens is 1. The average Bonchev–Trinajstić information content (AvgIpc) is 2.70. The van der Waals surface area contributed by atoms with Gasteiger partial charge in [-0.15, -0.1) is 11.3 Å². The maximum absolute atomic E-state index is 5.44. The van der Waals surface area contributed by atoms with Crippen LogP contribution in [-0.4, -0.2) is 24.7 Å². The number of ether oxygens (including phenoxy) is 1. The molecule has 0 radical (unpaired) electrons. The molecule has 3 nitrogen and oxygen atoms in total. The van der Waals surface area contributed by atoms with Crippen molar-refractivity contribution < 1.29 is 4.74 Å². The highest BCUT2D eigenvalue weighted by Gasteiger charge is 2.47. The van der Waals surface area contributed by atoms with Gasteiger partial charge in [-0.2, -0.15) is 0 Å². The van der Waals surface area contributed by atoms with E-state index in [1.807, 2.05) is 11.3 Å². The van der Waals surface area contributed by atoms with Crippen LogP contribution >= 0.6 is 11.3 Å². The third-order valence-corrected chi connectivity index (χ3v) is 5.05. The Morgan fingerprint density at radius 1 is 1.44 bits per heavy atom. The molecule has 1 saturated carbocycles. The third-order valence-electron chi connectivity index (χ3n) is 3.84. The Kier molecular flexibility index (Phi) is 4.41. The fourth-order valence-electron chi connectivity index (χ4n) is 2.60. The molecule has 1 aromatic heterocycles. The van der Waals surface area contributed by atoms with Gasteiger partial charge in [-0.3, -0.25) is 0 Å². The van der Waals surface area contributed by atoms with Gasteiger partial charge in [0.05, 0.1) is 17.3 Å². The van der Waals surface area contributed by atoms with Crippen LogP contribution in [-0.2, 0) is 16.7 Å². The van der Waals surface area contributed by atoms with Crippen molar-refractivity contribution in [1.29, 1.82) is 0 Å². The van der Waals surface area contributed by atoms with Gasteiger partial charge in [-0.05, 0) is 39.2 Å². The molecule has 18 heavy (non-hydrogen) atoms. The molecule has 0 aromatic carbocycles. The summed E-state index contributed by atoms with van der Waals surface area (Å²) < 4.78 is 5.44. The second kappa shape index (κ2) is 5.68. The molecule has 0 saturated heterocycles. The number of nitrogens with one attached hydrogen (secondary N) is 1. The first-order valence-corrected chi connectivity index (χ1v) is 7.71. The van der Waals surface area contributed by atoms with E-state index >= 15 is 0 Å². The van der Waals surface area contributed by atoms with Crippen LogP contribution in [0.5, 0.6) is 0 Å². The number of hydrogen-bond donors (Lipinski definition) is 1. The van der Waals surface area contributed by atoms with Gasteiger partial charge < -0.3 is 10.1 Å². The van der Waals surface area contributed by atoms with Crippen LogP contribution in [0.1, 0.15) is 48.7 Å². The monoisotopic (exact) mass is 268 g/mol. The van der Waals surface area contributed by atoms with E-state index in [-0.39, 0.29) is 5.54 Å². The van der Waals surface area contributed by atoms with Gasteiger partial charge in [0.2, 0.25) is 0 Å². The Morgan fingerprint density at radius 3 is 2.67 bits per heavy atom. The predicted molar refractivity (Wildman–Crippen MR) is 76.2 cm³/mol. The second-order valence-corrected chi connectivity index (χ2v) is 6.35. The van der Waals surface area contributed by atoms with Crippen molar-refractivity contribution in [3.8, 4) is 0 Å². The zero-order valence-electron chi connectivity index (χ0n) is 11.9. The topological polar surface area (TPSA) is 34.2 Å². The summed E-state index contributed by atoms with van der Waals surface area (Å²) in [6, 6.07) is 0. The molecule has 1 fully saturated rings. The molecule has 0 aliphatic heterocycles. The van der Waals surface area contributed by atoms with E-state index in [2.05, 4.69) is 26.1 Å². The van der Waals surface area contributed by atoms with Gasteiger partial charge in [-0.25, -0.2) is 4.98 Å². The number of thiazole rings is 1. The lowest BCUT2D eigenvalue weighted by molar-refractivity contribution is -0.0330. The fourth-order valence-corrected chi connectivity index (χ4v) is 3.79. The average molecular weight is 268 g/mol. The molecule has 1 aromatic rings. The van der Waals surface area contributed by atoms with E-state index in [1.54, 1.807) is 7.11 Å². The lowest BCUT2D eigenvalue weighted by Crippen LogP contribution is -2.55. The summed E-state index contributed by atoms with van der Waals surface area (Å²) in [4.78, 5) is 6.21. The molecule has 0 unspecified atom stereocenters. The van der Waals surface area contributed by atoms with Gasteiger partial charge >= 0.3 is 0 Å². The largest absolute Gasteiger partial charge is 0.381 e. The van der Waals surface area contributed by atoms with Crippen molar-refractivity contribution in [2.24, 2.45) is 0 Å². The van der Waals surface area contributed by atoms with Gasteiger partial charge in [0.15, 0.2) is 0 Å². The molecule has 4 heteroatoms. The lowest BCUT2D eigenvalue weighted by atomic mass is 9.74. The first-order valence-electron chi connectivity index (χ1n) is 6.89. The maximum Gasteiger partial charge on any atom is 0.113 e. The van der Waals surface area contributed by atoms with Gasteiger partial charge in [0.25, 0.3) is 0 Å². The standard InChI is InChI=1S/C14H24N2OS/c1-5-7-15-14(8-11(9-14)17-4)13-16-12(6-2)10(3)18-13/h11,15H,5-9H2,1-4H3. The first kappa shape index (κ1) is 14.0. The molecule has 0 amide bonds. The van der Waals surface area contributed by atoms with E-state index in [9.17, 15) is 0 Å².